The van der Waals surface area contributed by atoms with Crippen LogP contribution in [0.5, 0.6) is 0 Å². The van der Waals surface area contributed by atoms with Gasteiger partial charge >= 0.3 is 5.97 Å². The molecule has 0 atom stereocenters. The molecule has 0 radical (unpaired) electrons. The van der Waals surface area contributed by atoms with Gasteiger partial charge in [0.05, 0.1) is 11.3 Å². The number of nitrogen functional groups attached to an aromatic ring is 1. The number of hydrogen-bond donors (Lipinski definition) is 1. The van der Waals surface area contributed by atoms with Crippen LogP contribution in [-0.4, -0.2) is 5.97 Å². The number of anilines is 1. The number of halogens is 1. The summed E-state index contributed by atoms with van der Waals surface area (Å²) in [6, 6.07) is 11.7. The fourth-order valence-corrected chi connectivity index (χ4v) is 1.90. The van der Waals surface area contributed by atoms with E-state index in [1.54, 1.807) is 0 Å². The summed E-state index contributed by atoms with van der Waals surface area (Å²) in [5, 5.41) is 0. The molecule has 0 aliphatic rings. The summed E-state index contributed by atoms with van der Waals surface area (Å²) in [7, 11) is 0. The molecule has 21 heavy (non-hydrogen) atoms. The van der Waals surface area contributed by atoms with E-state index in [0.717, 1.165) is 11.6 Å². The Hall–Kier alpha value is -2.36. The van der Waals surface area contributed by atoms with Crippen LogP contribution in [0.25, 0.3) is 0 Å². The van der Waals surface area contributed by atoms with Crippen molar-refractivity contribution in [3.8, 4) is 0 Å². The minimum Gasteiger partial charge on any atom is -0.457 e. The number of carbonyl (C=O) groups is 1. The summed E-state index contributed by atoms with van der Waals surface area (Å²) in [5.74, 6) is -0.603. The van der Waals surface area contributed by atoms with E-state index in [1.807, 2.05) is 24.3 Å². The predicted octanol–water partition coefficient (Wildman–Crippen LogP) is 3.89. The largest absolute Gasteiger partial charge is 0.457 e. The topological polar surface area (TPSA) is 52.3 Å². The minimum atomic E-state index is -0.546. The molecule has 0 aromatic heterocycles. The van der Waals surface area contributed by atoms with Crippen molar-refractivity contribution in [2.24, 2.45) is 0 Å². The van der Waals surface area contributed by atoms with Crippen LogP contribution in [0.4, 0.5) is 10.1 Å². The molecule has 2 aromatic carbocycles. The molecular weight excluding hydrogens is 269 g/mol. The fraction of sp³-hybridized carbons (Fsp3) is 0.235. The van der Waals surface area contributed by atoms with Crippen molar-refractivity contribution in [3.05, 3.63) is 65.0 Å². The maximum absolute atomic E-state index is 13.0. The Morgan fingerprint density at radius 2 is 1.86 bits per heavy atom. The first kappa shape index (κ1) is 15.0. The van der Waals surface area contributed by atoms with Gasteiger partial charge in [0.2, 0.25) is 0 Å². The number of esters is 1. The molecule has 0 aliphatic heterocycles. The van der Waals surface area contributed by atoms with Crippen molar-refractivity contribution < 1.29 is 13.9 Å². The Morgan fingerprint density at radius 1 is 1.19 bits per heavy atom. The first-order valence-corrected chi connectivity index (χ1v) is 6.78. The number of nitrogens with two attached hydrogens (primary N) is 1. The van der Waals surface area contributed by atoms with E-state index in [-0.39, 0.29) is 17.9 Å². The average molecular weight is 287 g/mol. The van der Waals surface area contributed by atoms with Crippen molar-refractivity contribution in [2.75, 3.05) is 5.73 Å². The second-order valence-electron chi connectivity index (χ2n) is 5.21. The van der Waals surface area contributed by atoms with E-state index in [2.05, 4.69) is 13.8 Å². The van der Waals surface area contributed by atoms with Crippen LogP contribution in [0.15, 0.2) is 42.5 Å². The second kappa shape index (κ2) is 6.39. The van der Waals surface area contributed by atoms with Crippen LogP contribution in [0.3, 0.4) is 0 Å². The molecule has 0 aliphatic carbocycles. The van der Waals surface area contributed by atoms with Crippen LogP contribution in [0.2, 0.25) is 0 Å². The summed E-state index contributed by atoms with van der Waals surface area (Å²) >= 11 is 0. The van der Waals surface area contributed by atoms with E-state index < -0.39 is 11.8 Å². The molecule has 0 bridgehead atoms. The van der Waals surface area contributed by atoms with E-state index in [1.165, 1.54) is 17.7 Å². The Morgan fingerprint density at radius 3 is 2.43 bits per heavy atom. The maximum atomic E-state index is 13.0. The standard InChI is InChI=1S/C17H18FNO2/c1-11(2)13-5-3-12(4-6-13)10-21-17(20)14-7-8-15(18)16(19)9-14/h3-9,11H,10,19H2,1-2H3. The van der Waals surface area contributed by atoms with Crippen molar-refractivity contribution >= 4 is 11.7 Å². The molecule has 0 saturated carbocycles. The van der Waals surface area contributed by atoms with Gasteiger partial charge in [-0.05, 0) is 35.2 Å². The average Bonchev–Trinajstić information content (AvgIpc) is 2.48. The fourth-order valence-electron chi connectivity index (χ4n) is 1.90. The van der Waals surface area contributed by atoms with E-state index in [9.17, 15) is 9.18 Å². The third-order valence-corrected chi connectivity index (χ3v) is 3.25. The van der Waals surface area contributed by atoms with E-state index >= 15 is 0 Å². The molecule has 0 amide bonds. The zero-order chi connectivity index (χ0) is 15.4. The third kappa shape index (κ3) is 3.81. The van der Waals surface area contributed by atoms with Gasteiger partial charge < -0.3 is 10.5 Å². The zero-order valence-electron chi connectivity index (χ0n) is 12.1. The molecule has 0 spiro atoms. The quantitative estimate of drug-likeness (QED) is 0.685. The van der Waals surface area contributed by atoms with Gasteiger partial charge in [-0.25, -0.2) is 9.18 Å². The SMILES string of the molecule is CC(C)c1ccc(COC(=O)c2ccc(F)c(N)c2)cc1. The van der Waals surface area contributed by atoms with Crippen molar-refractivity contribution in [1.29, 1.82) is 0 Å². The van der Waals surface area contributed by atoms with Gasteiger partial charge in [0.1, 0.15) is 12.4 Å². The maximum Gasteiger partial charge on any atom is 0.338 e. The van der Waals surface area contributed by atoms with Crippen LogP contribution >= 0.6 is 0 Å². The molecule has 0 heterocycles. The third-order valence-electron chi connectivity index (χ3n) is 3.25. The highest BCUT2D eigenvalue weighted by Crippen LogP contribution is 2.16. The van der Waals surface area contributed by atoms with Crippen molar-refractivity contribution in [2.45, 2.75) is 26.4 Å². The van der Waals surface area contributed by atoms with Gasteiger partial charge in [0.15, 0.2) is 0 Å². The van der Waals surface area contributed by atoms with Crippen LogP contribution in [-0.2, 0) is 11.3 Å². The van der Waals surface area contributed by atoms with Crippen molar-refractivity contribution in [3.63, 3.8) is 0 Å². The monoisotopic (exact) mass is 287 g/mol. The highest BCUT2D eigenvalue weighted by molar-refractivity contribution is 5.90. The Labute approximate surface area is 123 Å². The summed E-state index contributed by atoms with van der Waals surface area (Å²) < 4.78 is 18.2. The summed E-state index contributed by atoms with van der Waals surface area (Å²) in [6.07, 6.45) is 0. The van der Waals surface area contributed by atoms with E-state index in [0.29, 0.717) is 5.92 Å². The molecule has 0 fully saturated rings. The van der Waals surface area contributed by atoms with Gasteiger partial charge in [-0.2, -0.15) is 0 Å². The number of hydrogen-bond acceptors (Lipinski definition) is 3. The lowest BCUT2D eigenvalue weighted by Crippen LogP contribution is -2.06. The first-order valence-electron chi connectivity index (χ1n) is 6.78. The molecule has 0 saturated heterocycles. The Kier molecular flexibility index (Phi) is 4.58. The highest BCUT2D eigenvalue weighted by Gasteiger charge is 2.10. The van der Waals surface area contributed by atoms with Crippen LogP contribution < -0.4 is 5.73 Å². The molecule has 110 valence electrons. The number of carbonyl (C=O) groups excluding carboxylic acids is 1. The summed E-state index contributed by atoms with van der Waals surface area (Å²) in [5.41, 5.74) is 7.75. The van der Waals surface area contributed by atoms with Gasteiger partial charge in [-0.1, -0.05) is 38.1 Å². The molecule has 2 N–H and O–H groups in total. The highest BCUT2D eigenvalue weighted by atomic mass is 19.1. The van der Waals surface area contributed by atoms with Gasteiger partial charge in [-0.3, -0.25) is 0 Å². The molecule has 3 nitrogen and oxygen atoms in total. The van der Waals surface area contributed by atoms with Crippen LogP contribution in [0.1, 0.15) is 41.3 Å². The second-order valence-corrected chi connectivity index (χ2v) is 5.21. The minimum absolute atomic E-state index is 0.0641. The summed E-state index contributed by atoms with van der Waals surface area (Å²) in [6.45, 7) is 4.41. The predicted molar refractivity (Wildman–Crippen MR) is 80.5 cm³/mol. The number of rotatable bonds is 4. The molecule has 2 aromatic rings. The molecule has 4 heteroatoms. The lowest BCUT2D eigenvalue weighted by molar-refractivity contribution is 0.0472. The van der Waals surface area contributed by atoms with Crippen molar-refractivity contribution in [1.82, 2.24) is 0 Å². The Bertz CT molecular complexity index is 636. The first-order chi connectivity index (χ1) is 9.97. The Balaban J connectivity index is 1.98. The summed E-state index contributed by atoms with van der Waals surface area (Å²) in [4.78, 5) is 11.9. The lowest BCUT2D eigenvalue weighted by Gasteiger charge is -2.08. The number of ether oxygens (including phenoxy) is 1. The van der Waals surface area contributed by atoms with Gasteiger partial charge in [-0.15, -0.1) is 0 Å². The van der Waals surface area contributed by atoms with Gasteiger partial charge in [0.25, 0.3) is 0 Å². The number of benzene rings is 2. The zero-order valence-corrected chi connectivity index (χ0v) is 12.1. The molecular formula is C17H18FNO2. The lowest BCUT2D eigenvalue weighted by atomic mass is 10.0. The smallest absolute Gasteiger partial charge is 0.338 e. The normalized spacial score (nSPS) is 10.7. The van der Waals surface area contributed by atoms with Gasteiger partial charge in [0, 0.05) is 0 Å². The van der Waals surface area contributed by atoms with Crippen LogP contribution in [0, 0.1) is 5.82 Å². The molecule has 0 unspecified atom stereocenters. The van der Waals surface area contributed by atoms with E-state index in [4.69, 9.17) is 10.5 Å². The molecule has 2 rings (SSSR count).